The molecule has 2 heterocycles. The van der Waals surface area contributed by atoms with Crippen LogP contribution in [0.5, 0.6) is 0 Å². The highest BCUT2D eigenvalue weighted by Crippen LogP contribution is 2.31. The molecule has 2 aliphatic heterocycles. The van der Waals surface area contributed by atoms with Crippen LogP contribution in [0.1, 0.15) is 5.56 Å². The molecular formula is C15H18N4O5. The molecular weight excluding hydrogens is 316 g/mol. The second-order valence-corrected chi connectivity index (χ2v) is 5.92. The minimum Gasteiger partial charge on any atom is -0.466 e. The van der Waals surface area contributed by atoms with Crippen molar-refractivity contribution in [1.82, 2.24) is 15.1 Å². The standard InChI is InChI=1S/C15H18N4O5/c1-17-11-7-16-15(17,14(21)24-2)13(20)18(9-11)8-10-5-3-4-6-12(10)19(22)23/h3-6,11,16H,7-9H2,1-2H3. The van der Waals surface area contributed by atoms with E-state index in [1.807, 2.05) is 0 Å². The maximum absolute atomic E-state index is 13.0. The minimum absolute atomic E-state index is 0.0448. The Bertz CT molecular complexity index is 709. The molecule has 0 spiro atoms. The molecule has 0 aliphatic carbocycles. The topological polar surface area (TPSA) is 105 Å². The number of fused-ring (bicyclic) bond motifs is 2. The Morgan fingerprint density at radius 2 is 2.21 bits per heavy atom. The fraction of sp³-hybridized carbons (Fsp3) is 0.467. The highest BCUT2D eigenvalue weighted by atomic mass is 16.6. The van der Waals surface area contributed by atoms with Crippen molar-refractivity contribution in [3.8, 4) is 0 Å². The number of nitrogens with zero attached hydrogens (tertiary/aromatic N) is 3. The average Bonchev–Trinajstić information content (AvgIpc) is 2.82. The number of carbonyl (C=O) groups is 2. The molecule has 2 unspecified atom stereocenters. The van der Waals surface area contributed by atoms with Gasteiger partial charge in [0.2, 0.25) is 0 Å². The number of esters is 1. The zero-order chi connectivity index (χ0) is 17.5. The Hall–Kier alpha value is -2.52. The quantitative estimate of drug-likeness (QED) is 0.349. The first kappa shape index (κ1) is 16.3. The lowest BCUT2D eigenvalue weighted by atomic mass is 10.0. The number of hydrogen-bond donors (Lipinski definition) is 1. The van der Waals surface area contributed by atoms with E-state index in [1.165, 1.54) is 18.1 Å². The molecule has 2 aliphatic rings. The van der Waals surface area contributed by atoms with Crippen molar-refractivity contribution < 1.29 is 19.2 Å². The molecule has 1 amide bonds. The first-order chi connectivity index (χ1) is 11.4. The number of benzene rings is 1. The summed E-state index contributed by atoms with van der Waals surface area (Å²) in [5, 5.41) is 14.1. The first-order valence-corrected chi connectivity index (χ1v) is 7.50. The number of nitro groups is 1. The van der Waals surface area contributed by atoms with Crippen molar-refractivity contribution >= 4 is 17.6 Å². The highest BCUT2D eigenvalue weighted by molar-refractivity contribution is 6.08. The van der Waals surface area contributed by atoms with E-state index in [9.17, 15) is 19.7 Å². The fourth-order valence-electron chi connectivity index (χ4n) is 3.40. The zero-order valence-corrected chi connectivity index (χ0v) is 13.4. The maximum Gasteiger partial charge on any atom is 0.351 e. The number of ether oxygens (including phenoxy) is 1. The zero-order valence-electron chi connectivity index (χ0n) is 13.4. The molecule has 3 rings (SSSR count). The van der Waals surface area contributed by atoms with Gasteiger partial charge in [-0.15, -0.1) is 0 Å². The Morgan fingerprint density at radius 3 is 2.88 bits per heavy atom. The second kappa shape index (κ2) is 5.84. The van der Waals surface area contributed by atoms with E-state index < -0.39 is 22.5 Å². The van der Waals surface area contributed by atoms with Crippen molar-refractivity contribution in [3.05, 3.63) is 39.9 Å². The maximum atomic E-state index is 13.0. The molecule has 9 nitrogen and oxygen atoms in total. The number of amides is 1. The number of likely N-dealkylation sites (N-methyl/N-ethyl adjacent to an activating group) is 1. The summed E-state index contributed by atoms with van der Waals surface area (Å²) in [7, 11) is 2.93. The lowest BCUT2D eigenvalue weighted by molar-refractivity contribution is -0.385. The molecule has 2 bridgehead atoms. The van der Waals surface area contributed by atoms with Crippen LogP contribution in [0.2, 0.25) is 0 Å². The van der Waals surface area contributed by atoms with E-state index in [0.717, 1.165) is 0 Å². The number of nitrogens with one attached hydrogen (secondary N) is 1. The third-order valence-electron chi connectivity index (χ3n) is 4.73. The summed E-state index contributed by atoms with van der Waals surface area (Å²) >= 11 is 0. The van der Waals surface area contributed by atoms with Crippen LogP contribution in [0, 0.1) is 10.1 Å². The van der Waals surface area contributed by atoms with Crippen molar-refractivity contribution in [3.63, 3.8) is 0 Å². The van der Waals surface area contributed by atoms with Crippen LogP contribution in [-0.2, 0) is 20.9 Å². The summed E-state index contributed by atoms with van der Waals surface area (Å²) in [6.45, 7) is 0.915. The predicted molar refractivity (Wildman–Crippen MR) is 82.8 cm³/mol. The van der Waals surface area contributed by atoms with Gasteiger partial charge in [-0.05, 0) is 7.05 Å². The smallest absolute Gasteiger partial charge is 0.351 e. The van der Waals surface area contributed by atoms with E-state index in [1.54, 1.807) is 30.1 Å². The van der Waals surface area contributed by atoms with E-state index in [4.69, 9.17) is 4.74 Å². The summed E-state index contributed by atoms with van der Waals surface area (Å²) in [4.78, 5) is 39.1. The van der Waals surface area contributed by atoms with Crippen LogP contribution in [0.15, 0.2) is 24.3 Å². The molecule has 128 valence electrons. The van der Waals surface area contributed by atoms with Gasteiger partial charge in [0.15, 0.2) is 0 Å². The van der Waals surface area contributed by atoms with Crippen LogP contribution >= 0.6 is 0 Å². The largest absolute Gasteiger partial charge is 0.466 e. The molecule has 0 aromatic heterocycles. The van der Waals surface area contributed by atoms with E-state index in [2.05, 4.69) is 5.32 Å². The Labute approximate surface area is 138 Å². The monoisotopic (exact) mass is 334 g/mol. The van der Waals surface area contributed by atoms with Crippen molar-refractivity contribution in [2.45, 2.75) is 18.2 Å². The number of piperazine rings is 1. The van der Waals surface area contributed by atoms with Crippen molar-refractivity contribution in [2.24, 2.45) is 0 Å². The van der Waals surface area contributed by atoms with E-state index in [-0.39, 0.29) is 18.3 Å². The van der Waals surface area contributed by atoms with Crippen LogP contribution in [0.4, 0.5) is 5.69 Å². The van der Waals surface area contributed by atoms with Gasteiger partial charge in [-0.25, -0.2) is 4.79 Å². The molecule has 2 atom stereocenters. The minimum atomic E-state index is -1.55. The lowest BCUT2D eigenvalue weighted by Gasteiger charge is -2.43. The predicted octanol–water partition coefficient (Wildman–Crippen LogP) is -0.290. The SMILES string of the molecule is COC(=O)C12NCC(CN(Cc3ccccc3[N+](=O)[O-])C1=O)N2C. The molecule has 2 saturated heterocycles. The van der Waals surface area contributed by atoms with Gasteiger partial charge in [0.1, 0.15) is 0 Å². The average molecular weight is 334 g/mol. The molecule has 2 fully saturated rings. The van der Waals surface area contributed by atoms with Gasteiger partial charge < -0.3 is 9.64 Å². The van der Waals surface area contributed by atoms with Gasteiger partial charge in [-0.1, -0.05) is 18.2 Å². The second-order valence-electron chi connectivity index (χ2n) is 5.92. The Balaban J connectivity index is 1.93. The first-order valence-electron chi connectivity index (χ1n) is 7.50. The summed E-state index contributed by atoms with van der Waals surface area (Å²) in [6.07, 6.45) is 0. The Morgan fingerprint density at radius 1 is 1.50 bits per heavy atom. The van der Waals surface area contributed by atoms with Crippen LogP contribution < -0.4 is 5.32 Å². The number of methoxy groups -OCH3 is 1. The van der Waals surface area contributed by atoms with Gasteiger partial charge in [0, 0.05) is 30.8 Å². The summed E-state index contributed by atoms with van der Waals surface area (Å²) in [6, 6.07) is 6.22. The summed E-state index contributed by atoms with van der Waals surface area (Å²) < 4.78 is 4.81. The van der Waals surface area contributed by atoms with Gasteiger partial charge in [-0.3, -0.25) is 25.1 Å². The number of para-hydroxylation sites is 1. The van der Waals surface area contributed by atoms with Crippen molar-refractivity contribution in [2.75, 3.05) is 27.2 Å². The molecule has 1 aromatic rings. The van der Waals surface area contributed by atoms with E-state index >= 15 is 0 Å². The van der Waals surface area contributed by atoms with Crippen LogP contribution in [0.25, 0.3) is 0 Å². The van der Waals surface area contributed by atoms with Gasteiger partial charge in [0.05, 0.1) is 18.6 Å². The molecule has 1 N–H and O–H groups in total. The molecule has 1 aromatic carbocycles. The Kier molecular flexibility index (Phi) is 3.98. The van der Waals surface area contributed by atoms with Gasteiger partial charge in [-0.2, -0.15) is 0 Å². The van der Waals surface area contributed by atoms with Crippen molar-refractivity contribution in [1.29, 1.82) is 0 Å². The summed E-state index contributed by atoms with van der Waals surface area (Å²) in [5.74, 6) is -1.13. The van der Waals surface area contributed by atoms with Gasteiger partial charge in [0.25, 0.3) is 17.3 Å². The number of carbonyl (C=O) groups excluding carboxylic acids is 2. The van der Waals surface area contributed by atoms with Gasteiger partial charge >= 0.3 is 5.97 Å². The lowest BCUT2D eigenvalue weighted by Crippen LogP contribution is -2.71. The highest BCUT2D eigenvalue weighted by Gasteiger charge is 2.61. The van der Waals surface area contributed by atoms with E-state index in [0.29, 0.717) is 18.7 Å². The fourth-order valence-corrected chi connectivity index (χ4v) is 3.40. The number of nitro benzene ring substituents is 1. The molecule has 24 heavy (non-hydrogen) atoms. The molecule has 9 heteroatoms. The number of rotatable bonds is 4. The van der Waals surface area contributed by atoms with Crippen LogP contribution in [0.3, 0.4) is 0 Å². The normalized spacial score (nSPS) is 26.5. The summed E-state index contributed by atoms with van der Waals surface area (Å²) in [5.41, 5.74) is -1.17. The molecule has 0 saturated carbocycles. The van der Waals surface area contributed by atoms with Crippen LogP contribution in [-0.4, -0.2) is 65.6 Å². The third-order valence-corrected chi connectivity index (χ3v) is 4.73. The molecule has 0 radical (unpaired) electrons. The number of hydrogen-bond acceptors (Lipinski definition) is 7. The third kappa shape index (κ3) is 2.24.